The molecule has 0 aromatic heterocycles. The van der Waals surface area contributed by atoms with Crippen molar-refractivity contribution in [1.82, 2.24) is 10.6 Å². The molecule has 0 bridgehead atoms. The molecule has 2 aliphatic heterocycles. The van der Waals surface area contributed by atoms with Crippen LogP contribution in [0.2, 0.25) is 0 Å². The molecule has 2 aromatic carbocycles. The van der Waals surface area contributed by atoms with E-state index in [-0.39, 0.29) is 35.5 Å². The van der Waals surface area contributed by atoms with Crippen LogP contribution in [-0.2, 0) is 28.7 Å². The van der Waals surface area contributed by atoms with Crippen molar-refractivity contribution >= 4 is 52.5 Å². The van der Waals surface area contributed by atoms with E-state index in [1.54, 1.807) is 0 Å². The summed E-state index contributed by atoms with van der Waals surface area (Å²) in [6.45, 7) is -0.886. The minimum atomic E-state index is -1.09. The Hall–Kier alpha value is -5.01. The second kappa shape index (κ2) is 12.0. The lowest BCUT2D eigenvalue weighted by Crippen LogP contribution is -2.47. The maximum Gasteiger partial charge on any atom is 0.328 e. The number of halogens is 2. The van der Waals surface area contributed by atoms with E-state index in [1.807, 2.05) is 0 Å². The Balaban J connectivity index is 1.24. The van der Waals surface area contributed by atoms with E-state index in [2.05, 4.69) is 10.6 Å². The zero-order valence-corrected chi connectivity index (χ0v) is 21.7. The first-order valence-corrected chi connectivity index (χ1v) is 12.5. The molecule has 0 radical (unpaired) electrons. The fraction of sp³-hybridized carbons (Fsp3) is 0.296. The van der Waals surface area contributed by atoms with Crippen LogP contribution in [0.25, 0.3) is 0 Å². The van der Waals surface area contributed by atoms with Crippen molar-refractivity contribution in [3.63, 3.8) is 0 Å². The maximum atomic E-state index is 13.5. The Morgan fingerprint density at radius 1 is 0.805 bits per heavy atom. The first-order valence-electron chi connectivity index (χ1n) is 12.5. The number of nitrogens with one attached hydrogen (secondary N) is 2. The number of hydrogen-bond acceptors (Lipinski definition) is 8. The van der Waals surface area contributed by atoms with Crippen LogP contribution in [0, 0.1) is 11.6 Å². The fourth-order valence-electron chi connectivity index (χ4n) is 4.53. The molecule has 0 unspecified atom stereocenters. The number of ketones is 2. The minimum Gasteiger partial charge on any atom is -0.467 e. The van der Waals surface area contributed by atoms with Gasteiger partial charge in [0.2, 0.25) is 11.8 Å². The van der Waals surface area contributed by atoms with Crippen LogP contribution in [0.1, 0.15) is 40.0 Å². The molecule has 41 heavy (non-hydrogen) atoms. The normalized spacial score (nSPS) is 14.6. The van der Waals surface area contributed by atoms with Crippen LogP contribution >= 0.6 is 0 Å². The zero-order chi connectivity index (χ0) is 29.8. The second-order valence-corrected chi connectivity index (χ2v) is 9.25. The second-order valence-electron chi connectivity index (χ2n) is 9.25. The van der Waals surface area contributed by atoms with Crippen LogP contribution in [0.4, 0.5) is 20.2 Å². The molecule has 0 aliphatic carbocycles. The van der Waals surface area contributed by atoms with Gasteiger partial charge in [-0.1, -0.05) is 0 Å². The van der Waals surface area contributed by atoms with Gasteiger partial charge in [0.25, 0.3) is 23.4 Å². The summed E-state index contributed by atoms with van der Waals surface area (Å²) in [5.41, 5.74) is -0.0490. The minimum absolute atomic E-state index is 0.0811. The lowest BCUT2D eigenvalue weighted by atomic mass is 10.1. The highest BCUT2D eigenvalue weighted by Crippen LogP contribution is 2.30. The third kappa shape index (κ3) is 6.10. The van der Waals surface area contributed by atoms with E-state index in [1.165, 1.54) is 12.1 Å². The van der Waals surface area contributed by atoms with E-state index >= 15 is 0 Å². The van der Waals surface area contributed by atoms with E-state index in [9.17, 15) is 42.3 Å². The number of anilines is 2. The largest absolute Gasteiger partial charge is 0.467 e. The van der Waals surface area contributed by atoms with Crippen molar-refractivity contribution in [2.75, 3.05) is 36.5 Å². The maximum absolute atomic E-state index is 13.5. The van der Waals surface area contributed by atoms with Gasteiger partial charge in [0.15, 0.2) is 0 Å². The summed E-state index contributed by atoms with van der Waals surface area (Å²) in [6, 6.07) is 5.34. The lowest BCUT2D eigenvalue weighted by Gasteiger charge is -2.20. The molecule has 4 amide bonds. The summed E-state index contributed by atoms with van der Waals surface area (Å²) in [6.07, 6.45) is 0.815. The average Bonchev–Trinajstić information content (AvgIpc) is 3.31. The number of hydrogen-bond donors (Lipinski definition) is 2. The molecule has 214 valence electrons. The standard InChI is InChI=1S/C27H24F2N4O8/c1-41-27(40)18(31-22(35)13-33-20-8-6-15(29)11-17(20)24(37)26(33)39)4-2-3-9-30-21(34)12-32-19-7-5-14(28)10-16(19)23(36)25(32)38/h5-8,10-11,18H,2-4,9,12-13H2,1H3,(H,30,34)(H,31,35)/t18-/m0/s1. The summed E-state index contributed by atoms with van der Waals surface area (Å²) in [4.78, 5) is 87.7. The molecule has 0 saturated carbocycles. The number of Topliss-reactive ketones (excluding diaryl/α,β-unsaturated/α-hetero) is 2. The summed E-state index contributed by atoms with van der Waals surface area (Å²) in [5, 5.41) is 5.05. The fourth-order valence-corrected chi connectivity index (χ4v) is 4.53. The van der Waals surface area contributed by atoms with Crippen molar-refractivity contribution in [2.24, 2.45) is 0 Å². The van der Waals surface area contributed by atoms with Crippen molar-refractivity contribution in [1.29, 1.82) is 0 Å². The molecule has 2 heterocycles. The highest BCUT2D eigenvalue weighted by molar-refractivity contribution is 6.53. The predicted octanol–water partition coefficient (Wildman–Crippen LogP) is 0.668. The smallest absolute Gasteiger partial charge is 0.328 e. The van der Waals surface area contributed by atoms with Gasteiger partial charge in [-0.2, -0.15) is 0 Å². The van der Waals surface area contributed by atoms with Gasteiger partial charge in [0.1, 0.15) is 30.8 Å². The SMILES string of the molecule is COC(=O)[C@H](CCCCNC(=O)CN1C(=O)C(=O)c2cc(F)ccc21)NC(=O)CN1C(=O)C(=O)c2cc(F)ccc21. The van der Waals surface area contributed by atoms with Gasteiger partial charge < -0.3 is 15.4 Å². The average molecular weight is 571 g/mol. The molecule has 2 N–H and O–H groups in total. The molecule has 2 aromatic rings. The van der Waals surface area contributed by atoms with E-state index in [0.717, 1.165) is 41.2 Å². The Labute approximate surface area is 231 Å². The van der Waals surface area contributed by atoms with Crippen LogP contribution < -0.4 is 20.4 Å². The van der Waals surface area contributed by atoms with Gasteiger partial charge in [0.05, 0.1) is 29.6 Å². The number of amides is 4. The summed E-state index contributed by atoms with van der Waals surface area (Å²) in [5.74, 6) is -7.24. The molecule has 4 rings (SSSR count). The molecule has 0 fully saturated rings. The third-order valence-electron chi connectivity index (χ3n) is 6.53. The van der Waals surface area contributed by atoms with Crippen molar-refractivity contribution in [3.8, 4) is 0 Å². The number of ether oxygens (including phenoxy) is 1. The Bertz CT molecular complexity index is 1480. The number of esters is 1. The number of carbonyl (C=O) groups is 7. The number of fused-ring (bicyclic) bond motifs is 2. The molecule has 2 aliphatic rings. The zero-order valence-electron chi connectivity index (χ0n) is 21.7. The first-order chi connectivity index (χ1) is 19.5. The summed E-state index contributed by atoms with van der Waals surface area (Å²) < 4.78 is 31.6. The molecule has 12 nitrogen and oxygen atoms in total. The van der Waals surface area contributed by atoms with Gasteiger partial charge in [-0.3, -0.25) is 38.6 Å². The van der Waals surface area contributed by atoms with Gasteiger partial charge in [-0.05, 0) is 55.7 Å². The van der Waals surface area contributed by atoms with Crippen LogP contribution in [-0.4, -0.2) is 74.0 Å². The van der Waals surface area contributed by atoms with Crippen molar-refractivity contribution in [3.05, 3.63) is 59.2 Å². The number of rotatable bonds is 11. The monoisotopic (exact) mass is 570 g/mol. The molecule has 0 saturated heterocycles. The molecule has 1 atom stereocenters. The topological polar surface area (TPSA) is 159 Å². The quantitative estimate of drug-likeness (QED) is 0.227. The highest BCUT2D eigenvalue weighted by atomic mass is 19.1. The Kier molecular flexibility index (Phi) is 8.50. The van der Waals surface area contributed by atoms with Gasteiger partial charge in [-0.25, -0.2) is 13.6 Å². The van der Waals surface area contributed by atoms with Crippen LogP contribution in [0.3, 0.4) is 0 Å². The van der Waals surface area contributed by atoms with E-state index in [4.69, 9.17) is 4.74 Å². The Morgan fingerprint density at radius 2 is 1.32 bits per heavy atom. The molecular formula is C27H24F2N4O8. The first kappa shape index (κ1) is 29.0. The number of carbonyl (C=O) groups excluding carboxylic acids is 7. The molecular weight excluding hydrogens is 546 g/mol. The number of methoxy groups -OCH3 is 1. The van der Waals surface area contributed by atoms with Crippen LogP contribution in [0.5, 0.6) is 0 Å². The van der Waals surface area contributed by atoms with Gasteiger partial charge in [0, 0.05) is 6.54 Å². The lowest BCUT2D eigenvalue weighted by molar-refractivity contribution is -0.145. The van der Waals surface area contributed by atoms with Gasteiger partial charge in [-0.15, -0.1) is 0 Å². The van der Waals surface area contributed by atoms with Crippen LogP contribution in [0.15, 0.2) is 36.4 Å². The summed E-state index contributed by atoms with van der Waals surface area (Å²) >= 11 is 0. The summed E-state index contributed by atoms with van der Waals surface area (Å²) in [7, 11) is 1.13. The van der Waals surface area contributed by atoms with Gasteiger partial charge >= 0.3 is 5.97 Å². The van der Waals surface area contributed by atoms with Crippen molar-refractivity contribution in [2.45, 2.75) is 25.3 Å². The Morgan fingerprint density at radius 3 is 1.83 bits per heavy atom. The number of unbranched alkanes of at least 4 members (excludes halogenated alkanes) is 1. The molecule has 0 spiro atoms. The highest BCUT2D eigenvalue weighted by Gasteiger charge is 2.38. The van der Waals surface area contributed by atoms with E-state index in [0.29, 0.717) is 12.8 Å². The third-order valence-corrected chi connectivity index (χ3v) is 6.53. The van der Waals surface area contributed by atoms with Crippen molar-refractivity contribution < 1.29 is 47.1 Å². The predicted molar refractivity (Wildman–Crippen MR) is 137 cm³/mol. The van der Waals surface area contributed by atoms with E-state index < -0.39 is 71.9 Å². The molecule has 14 heteroatoms. The number of benzene rings is 2. The number of nitrogens with zero attached hydrogens (tertiary/aromatic N) is 2.